The zero-order valence-corrected chi connectivity index (χ0v) is 43.8. The lowest BCUT2D eigenvalue weighted by Gasteiger charge is -2.43. The molecule has 434 valence electrons. The summed E-state index contributed by atoms with van der Waals surface area (Å²) in [7, 11) is 0. The number of aliphatic hydroxyl groups is 9. The Morgan fingerprint density at radius 3 is 1.24 bits per heavy atom. The Hall–Kier alpha value is -3.86. The Morgan fingerprint density at radius 2 is 0.867 bits per heavy atom. The molecule has 0 aromatic carbocycles. The van der Waals surface area contributed by atoms with Gasteiger partial charge in [0.1, 0.15) is 86.5 Å². The predicted molar refractivity (Wildman–Crippen MR) is 258 cm³/mol. The summed E-state index contributed by atoms with van der Waals surface area (Å²) in [5.41, 5.74) is -1.05. The maximum Gasteiger partial charge on any atom is 0.221 e. The molecule has 0 radical (unpaired) electrons. The van der Waals surface area contributed by atoms with Crippen molar-refractivity contribution >= 4 is 35.4 Å². The van der Waals surface area contributed by atoms with Gasteiger partial charge in [-0.3, -0.25) is 39.4 Å². The maximum absolute atomic E-state index is 13.3. The number of hydrogen-bond donors (Lipinski definition) is 17. The Morgan fingerprint density at radius 1 is 0.507 bits per heavy atom. The van der Waals surface area contributed by atoms with Crippen molar-refractivity contribution in [1.82, 2.24) is 42.5 Å². The number of ether oxygens (including phenoxy) is 6. The molecule has 3 rings (SSSR count). The monoisotopic (exact) mass is 1080 g/mol. The van der Waals surface area contributed by atoms with Crippen molar-refractivity contribution in [3.05, 3.63) is 0 Å². The summed E-state index contributed by atoms with van der Waals surface area (Å²) >= 11 is 0. The van der Waals surface area contributed by atoms with E-state index < -0.39 is 158 Å². The van der Waals surface area contributed by atoms with E-state index in [0.717, 1.165) is 0 Å². The molecular formula is C46H84N8O21. The molecule has 17 N–H and O–H groups in total. The summed E-state index contributed by atoms with van der Waals surface area (Å²) in [5.74, 6) is -3.20. The first-order valence-corrected chi connectivity index (χ1v) is 25.0. The number of hydrogen-bond acceptors (Lipinski definition) is 23. The van der Waals surface area contributed by atoms with Gasteiger partial charge in [0.25, 0.3) is 0 Å². The van der Waals surface area contributed by atoms with Gasteiger partial charge in [0, 0.05) is 46.6 Å². The average molecular weight is 1090 g/mol. The van der Waals surface area contributed by atoms with Gasteiger partial charge in [-0.15, -0.1) is 0 Å². The minimum Gasteiger partial charge on any atom is -0.394 e. The van der Waals surface area contributed by atoms with Gasteiger partial charge in [0.15, 0.2) is 18.9 Å². The Bertz CT molecular complexity index is 1810. The van der Waals surface area contributed by atoms with Gasteiger partial charge in [-0.2, -0.15) is 0 Å². The van der Waals surface area contributed by atoms with Gasteiger partial charge < -0.3 is 106 Å². The molecule has 3 fully saturated rings. The summed E-state index contributed by atoms with van der Waals surface area (Å²) < 4.78 is 34.0. The molecule has 3 aliphatic rings. The first-order valence-electron chi connectivity index (χ1n) is 25.0. The van der Waals surface area contributed by atoms with Gasteiger partial charge in [-0.1, -0.05) is 27.7 Å². The molecule has 75 heavy (non-hydrogen) atoms. The van der Waals surface area contributed by atoms with Crippen LogP contribution in [0.1, 0.15) is 87.0 Å². The number of nitrogens with one attached hydrogen (secondary N) is 8. The second kappa shape index (κ2) is 31.5. The van der Waals surface area contributed by atoms with E-state index in [1.807, 2.05) is 27.7 Å². The molecule has 29 heteroatoms. The minimum atomic E-state index is -1.52. The summed E-state index contributed by atoms with van der Waals surface area (Å²) in [5, 5.41) is 113. The third-order valence-corrected chi connectivity index (χ3v) is 12.7. The lowest BCUT2D eigenvalue weighted by Crippen LogP contribution is -2.64. The van der Waals surface area contributed by atoms with Crippen molar-refractivity contribution in [2.24, 2.45) is 16.7 Å². The van der Waals surface area contributed by atoms with Crippen molar-refractivity contribution in [3.63, 3.8) is 0 Å². The van der Waals surface area contributed by atoms with Crippen LogP contribution in [0.5, 0.6) is 0 Å². The maximum atomic E-state index is 13.3. The molecule has 3 heterocycles. The summed E-state index contributed by atoms with van der Waals surface area (Å²) in [6.45, 7) is 9.05. The van der Waals surface area contributed by atoms with E-state index in [9.17, 15) is 74.7 Å². The summed E-state index contributed by atoms with van der Waals surface area (Å²) in [6, 6.07) is -3.45. The van der Waals surface area contributed by atoms with Crippen LogP contribution in [0.2, 0.25) is 0 Å². The largest absolute Gasteiger partial charge is 0.394 e. The van der Waals surface area contributed by atoms with Gasteiger partial charge >= 0.3 is 0 Å². The van der Waals surface area contributed by atoms with Crippen LogP contribution in [-0.4, -0.2) is 233 Å². The molecule has 0 spiro atoms. The van der Waals surface area contributed by atoms with E-state index in [0.29, 0.717) is 6.42 Å². The number of carbonyl (C=O) groups is 6. The fourth-order valence-corrected chi connectivity index (χ4v) is 9.13. The second-order valence-electron chi connectivity index (χ2n) is 20.7. The quantitative estimate of drug-likeness (QED) is 0.0227. The SMILES string of the molecule is CC(=O)NC1C(OCNCNC(=O)CCC(CCC(=O)NCC(C)(C)CC(C)(C)COC2OC(CO)C(O)C(O)C2NC(C)=O)CC(=O)NCNCOC2OC(CO)C(O)C(O)C2NC(C)=O)OC(CO)C(O)C1O. The van der Waals surface area contributed by atoms with Gasteiger partial charge in [0.2, 0.25) is 35.4 Å². The fourth-order valence-electron chi connectivity index (χ4n) is 9.13. The van der Waals surface area contributed by atoms with E-state index in [1.165, 1.54) is 20.8 Å². The molecule has 16 unspecified atom stereocenters. The standard InChI is InChI=1S/C46H84N8O21/c1-23(58)52-33-39(67)36(64)27(13-55)73-42(33)70-18-46(6,7)16-45(4,5)17-49-30(61)10-8-26(12-32(63)51-20-48-22-72-44-35(54-25(3)60)41(69)38(66)29(15-57)75-44)9-11-31(62)50-19-47-21-71-43-34(53-24(2)59)40(68)37(65)28(14-56)74-43/h26-29,33-44,47-48,55-57,64-69H,8-22H2,1-7H3,(H,49,61)(H,50,62)(H,51,63)(H,52,58)(H,53,59)(H,54,60). The van der Waals surface area contributed by atoms with Crippen molar-refractivity contribution in [2.45, 2.75) is 179 Å². The highest BCUT2D eigenvalue weighted by molar-refractivity contribution is 5.78. The van der Waals surface area contributed by atoms with Crippen molar-refractivity contribution < 1.29 is 103 Å². The Labute approximate surface area is 435 Å². The van der Waals surface area contributed by atoms with E-state index in [1.54, 1.807) is 0 Å². The molecule has 6 amide bonds. The first-order chi connectivity index (χ1) is 35.2. The van der Waals surface area contributed by atoms with Crippen LogP contribution < -0.4 is 42.5 Å². The van der Waals surface area contributed by atoms with Gasteiger partial charge in [-0.25, -0.2) is 0 Å². The van der Waals surface area contributed by atoms with Crippen LogP contribution in [0.15, 0.2) is 0 Å². The van der Waals surface area contributed by atoms with E-state index in [4.69, 9.17) is 28.4 Å². The lowest BCUT2D eigenvalue weighted by molar-refractivity contribution is -0.276. The molecule has 0 saturated carbocycles. The predicted octanol–water partition coefficient (Wildman–Crippen LogP) is -6.77. The normalized spacial score (nSPS) is 30.6. The van der Waals surface area contributed by atoms with E-state index >= 15 is 0 Å². The van der Waals surface area contributed by atoms with Crippen molar-refractivity contribution in [1.29, 1.82) is 0 Å². The number of carbonyl (C=O) groups excluding carboxylic acids is 6. The van der Waals surface area contributed by atoms with Crippen molar-refractivity contribution in [2.75, 3.05) is 59.8 Å². The molecule has 16 atom stereocenters. The van der Waals surface area contributed by atoms with Crippen LogP contribution >= 0.6 is 0 Å². The van der Waals surface area contributed by atoms with Gasteiger partial charge in [0.05, 0.1) is 39.8 Å². The highest BCUT2D eigenvalue weighted by atomic mass is 16.7. The van der Waals surface area contributed by atoms with Crippen LogP contribution in [0.3, 0.4) is 0 Å². The highest BCUT2D eigenvalue weighted by Crippen LogP contribution is 2.35. The van der Waals surface area contributed by atoms with E-state index in [2.05, 4.69) is 42.5 Å². The number of rotatable bonds is 31. The van der Waals surface area contributed by atoms with Crippen LogP contribution in [-0.2, 0) is 57.2 Å². The molecule has 0 aliphatic carbocycles. The molecule has 29 nitrogen and oxygen atoms in total. The molecule has 3 saturated heterocycles. The fraction of sp³-hybridized carbons (Fsp3) is 0.870. The minimum absolute atomic E-state index is 0.00525. The summed E-state index contributed by atoms with van der Waals surface area (Å²) in [6.07, 6.45) is -15.5. The zero-order valence-electron chi connectivity index (χ0n) is 43.8. The van der Waals surface area contributed by atoms with Crippen LogP contribution in [0, 0.1) is 16.7 Å². The molecule has 0 aromatic rings. The lowest BCUT2D eigenvalue weighted by atomic mass is 9.75. The highest BCUT2D eigenvalue weighted by Gasteiger charge is 2.48. The Kier molecular flexibility index (Phi) is 27.5. The Balaban J connectivity index is 1.56. The van der Waals surface area contributed by atoms with Gasteiger partial charge in [-0.05, 0) is 36.0 Å². The number of aliphatic hydroxyl groups excluding tert-OH is 9. The van der Waals surface area contributed by atoms with Crippen molar-refractivity contribution in [3.8, 4) is 0 Å². The third kappa shape index (κ3) is 21.8. The average Bonchev–Trinajstić information content (AvgIpc) is 3.33. The molecule has 3 aliphatic heterocycles. The number of amides is 6. The second-order valence-corrected chi connectivity index (χ2v) is 20.7. The zero-order chi connectivity index (χ0) is 56.2. The molecule has 0 bridgehead atoms. The first kappa shape index (κ1) is 65.4. The van der Waals surface area contributed by atoms with Crippen LogP contribution in [0.4, 0.5) is 0 Å². The topological polar surface area (TPSA) is 436 Å². The molecule has 0 aromatic heterocycles. The summed E-state index contributed by atoms with van der Waals surface area (Å²) in [4.78, 5) is 74.9. The smallest absolute Gasteiger partial charge is 0.221 e. The van der Waals surface area contributed by atoms with Crippen LogP contribution in [0.25, 0.3) is 0 Å². The molecular weight excluding hydrogens is 1000 g/mol. The van der Waals surface area contributed by atoms with E-state index in [-0.39, 0.29) is 78.0 Å². The third-order valence-electron chi connectivity index (χ3n) is 12.7.